The Morgan fingerprint density at radius 2 is 1.95 bits per heavy atom. The Labute approximate surface area is 131 Å². The molecule has 0 aromatic heterocycles. The molecular formula is C16H27NO5. The van der Waals surface area contributed by atoms with Gasteiger partial charge in [0.15, 0.2) is 0 Å². The maximum Gasteiger partial charge on any atom is 0.306 e. The molecule has 1 aliphatic heterocycles. The molecule has 2 rings (SSSR count). The third-order valence-corrected chi connectivity index (χ3v) is 4.49. The molecule has 1 saturated heterocycles. The fraction of sp³-hybridized carbons (Fsp3) is 0.875. The number of nitrogens with one attached hydrogen (secondary N) is 1. The molecule has 0 radical (unpaired) electrons. The van der Waals surface area contributed by atoms with Gasteiger partial charge in [0, 0.05) is 12.6 Å². The molecule has 6 heteroatoms. The predicted octanol–water partition coefficient (Wildman–Crippen LogP) is 1.72. The van der Waals surface area contributed by atoms with Crippen LogP contribution in [-0.4, -0.2) is 46.9 Å². The summed E-state index contributed by atoms with van der Waals surface area (Å²) in [5.41, 5.74) is -1.23. The highest BCUT2D eigenvalue weighted by Gasteiger charge is 2.51. The van der Waals surface area contributed by atoms with Crippen LogP contribution in [0.15, 0.2) is 0 Å². The van der Waals surface area contributed by atoms with Crippen molar-refractivity contribution in [3.63, 3.8) is 0 Å². The van der Waals surface area contributed by atoms with Crippen molar-refractivity contribution in [1.29, 1.82) is 0 Å². The van der Waals surface area contributed by atoms with Crippen LogP contribution in [0, 0.1) is 5.92 Å². The standard InChI is InChI=1S/C16H27NO5/c1-10(2)22-15(3,4)14(20)17-12-5-6-21-16(9-12)7-11(8-16)13(18)19/h10-12H,5-9H2,1-4H3,(H,17,20)(H,18,19). The van der Waals surface area contributed by atoms with Crippen LogP contribution in [0.5, 0.6) is 0 Å². The van der Waals surface area contributed by atoms with Gasteiger partial charge in [-0.3, -0.25) is 9.59 Å². The van der Waals surface area contributed by atoms with Crippen molar-refractivity contribution in [2.75, 3.05) is 6.61 Å². The van der Waals surface area contributed by atoms with Gasteiger partial charge in [-0.25, -0.2) is 0 Å². The first kappa shape index (κ1) is 17.2. The number of rotatable bonds is 5. The van der Waals surface area contributed by atoms with E-state index >= 15 is 0 Å². The summed E-state index contributed by atoms with van der Waals surface area (Å²) < 4.78 is 11.5. The van der Waals surface area contributed by atoms with Gasteiger partial charge in [0.2, 0.25) is 0 Å². The zero-order valence-electron chi connectivity index (χ0n) is 13.8. The predicted molar refractivity (Wildman–Crippen MR) is 80.5 cm³/mol. The van der Waals surface area contributed by atoms with Crippen LogP contribution >= 0.6 is 0 Å². The average molecular weight is 313 g/mol. The monoisotopic (exact) mass is 313 g/mol. The van der Waals surface area contributed by atoms with Gasteiger partial charge in [0.25, 0.3) is 5.91 Å². The van der Waals surface area contributed by atoms with E-state index in [-0.39, 0.29) is 29.6 Å². The van der Waals surface area contributed by atoms with Gasteiger partial charge in [-0.05, 0) is 53.4 Å². The number of hydrogen-bond donors (Lipinski definition) is 2. The molecule has 1 unspecified atom stereocenters. The van der Waals surface area contributed by atoms with Gasteiger partial charge in [0.05, 0.1) is 17.6 Å². The van der Waals surface area contributed by atoms with E-state index < -0.39 is 11.6 Å². The zero-order chi connectivity index (χ0) is 16.5. The summed E-state index contributed by atoms with van der Waals surface area (Å²) in [4.78, 5) is 23.3. The maximum atomic E-state index is 12.4. The van der Waals surface area contributed by atoms with E-state index in [0.717, 1.165) is 6.42 Å². The topological polar surface area (TPSA) is 84.9 Å². The molecule has 22 heavy (non-hydrogen) atoms. The van der Waals surface area contributed by atoms with Crippen molar-refractivity contribution >= 4 is 11.9 Å². The summed E-state index contributed by atoms with van der Waals surface area (Å²) in [6.45, 7) is 7.89. The van der Waals surface area contributed by atoms with Crippen molar-refractivity contribution in [3.05, 3.63) is 0 Å². The first-order valence-electron chi connectivity index (χ1n) is 7.99. The largest absolute Gasteiger partial charge is 0.481 e. The van der Waals surface area contributed by atoms with Crippen LogP contribution in [0.3, 0.4) is 0 Å². The van der Waals surface area contributed by atoms with E-state index in [1.54, 1.807) is 13.8 Å². The fourth-order valence-corrected chi connectivity index (χ4v) is 3.45. The van der Waals surface area contributed by atoms with Crippen molar-refractivity contribution in [3.8, 4) is 0 Å². The summed E-state index contributed by atoms with van der Waals surface area (Å²) in [6.07, 6.45) is 2.49. The van der Waals surface area contributed by atoms with Crippen molar-refractivity contribution < 1.29 is 24.2 Å². The average Bonchev–Trinajstić information content (AvgIpc) is 2.34. The molecule has 0 bridgehead atoms. The van der Waals surface area contributed by atoms with Gasteiger partial charge < -0.3 is 19.9 Å². The lowest BCUT2D eigenvalue weighted by atomic mass is 9.66. The van der Waals surface area contributed by atoms with Crippen LogP contribution in [0.2, 0.25) is 0 Å². The second-order valence-corrected chi connectivity index (χ2v) is 7.31. The molecule has 0 aromatic rings. The number of ether oxygens (including phenoxy) is 2. The smallest absolute Gasteiger partial charge is 0.306 e. The highest BCUT2D eigenvalue weighted by atomic mass is 16.5. The number of hydrogen-bond acceptors (Lipinski definition) is 4. The molecule has 0 aromatic carbocycles. The molecule has 1 saturated carbocycles. The minimum atomic E-state index is -0.872. The normalized spacial score (nSPS) is 31.9. The molecule has 2 aliphatic rings. The second-order valence-electron chi connectivity index (χ2n) is 7.31. The Kier molecular flexibility index (Phi) is 4.82. The Bertz CT molecular complexity index is 440. The van der Waals surface area contributed by atoms with Crippen LogP contribution < -0.4 is 5.32 Å². The fourth-order valence-electron chi connectivity index (χ4n) is 3.45. The van der Waals surface area contributed by atoms with Crippen LogP contribution in [-0.2, 0) is 19.1 Å². The lowest BCUT2D eigenvalue weighted by molar-refractivity contribution is -0.183. The minimum absolute atomic E-state index is 0.0195. The molecule has 1 amide bonds. The summed E-state index contributed by atoms with van der Waals surface area (Å²) >= 11 is 0. The van der Waals surface area contributed by atoms with Crippen LogP contribution in [0.25, 0.3) is 0 Å². The molecule has 1 aliphatic carbocycles. The zero-order valence-corrected chi connectivity index (χ0v) is 13.8. The molecule has 6 nitrogen and oxygen atoms in total. The SMILES string of the molecule is CC(C)OC(C)(C)C(=O)NC1CCOC2(C1)CC(C(=O)O)C2. The van der Waals surface area contributed by atoms with Crippen LogP contribution in [0.1, 0.15) is 53.4 Å². The molecule has 1 atom stereocenters. The van der Waals surface area contributed by atoms with E-state index in [4.69, 9.17) is 14.6 Å². The first-order valence-corrected chi connectivity index (χ1v) is 7.99. The highest BCUT2D eigenvalue weighted by molar-refractivity contribution is 5.84. The first-order chi connectivity index (χ1) is 10.1. The van der Waals surface area contributed by atoms with Gasteiger partial charge in [-0.15, -0.1) is 0 Å². The number of carboxylic acid groups (broad SMARTS) is 1. The van der Waals surface area contributed by atoms with Gasteiger partial charge >= 0.3 is 5.97 Å². The van der Waals surface area contributed by atoms with Crippen molar-refractivity contribution in [2.45, 2.75) is 76.7 Å². The lowest BCUT2D eigenvalue weighted by Crippen LogP contribution is -2.58. The Balaban J connectivity index is 1.88. The number of carboxylic acids is 1. The summed E-state index contributed by atoms with van der Waals surface area (Å²) in [5.74, 6) is -1.20. The van der Waals surface area contributed by atoms with E-state index in [1.165, 1.54) is 0 Å². The summed E-state index contributed by atoms with van der Waals surface area (Å²) in [5, 5.41) is 12.0. The number of aliphatic carboxylic acids is 1. The number of carbonyl (C=O) groups excluding carboxylic acids is 1. The second kappa shape index (κ2) is 6.16. The molecule has 1 spiro atoms. The molecule has 1 heterocycles. The molecule has 2 N–H and O–H groups in total. The Morgan fingerprint density at radius 1 is 1.32 bits per heavy atom. The van der Waals surface area contributed by atoms with E-state index in [0.29, 0.717) is 25.9 Å². The molecule has 2 fully saturated rings. The van der Waals surface area contributed by atoms with E-state index in [2.05, 4.69) is 5.32 Å². The van der Waals surface area contributed by atoms with Gasteiger partial charge in [0.1, 0.15) is 5.60 Å². The lowest BCUT2D eigenvalue weighted by Gasteiger charge is -2.50. The maximum absolute atomic E-state index is 12.4. The van der Waals surface area contributed by atoms with Gasteiger partial charge in [-0.2, -0.15) is 0 Å². The Hall–Kier alpha value is -1.14. The molecular weight excluding hydrogens is 286 g/mol. The Morgan fingerprint density at radius 3 is 2.50 bits per heavy atom. The third-order valence-electron chi connectivity index (χ3n) is 4.49. The van der Waals surface area contributed by atoms with Crippen molar-refractivity contribution in [2.24, 2.45) is 5.92 Å². The number of carbonyl (C=O) groups is 2. The minimum Gasteiger partial charge on any atom is -0.481 e. The summed E-state index contributed by atoms with van der Waals surface area (Å²) in [7, 11) is 0. The van der Waals surface area contributed by atoms with E-state index in [9.17, 15) is 9.59 Å². The highest BCUT2D eigenvalue weighted by Crippen LogP contribution is 2.46. The van der Waals surface area contributed by atoms with Crippen molar-refractivity contribution in [1.82, 2.24) is 5.32 Å². The van der Waals surface area contributed by atoms with Gasteiger partial charge in [-0.1, -0.05) is 0 Å². The van der Waals surface area contributed by atoms with Crippen LogP contribution in [0.4, 0.5) is 0 Å². The number of amides is 1. The quantitative estimate of drug-likeness (QED) is 0.807. The van der Waals surface area contributed by atoms with E-state index in [1.807, 2.05) is 13.8 Å². The molecule has 126 valence electrons. The summed E-state index contributed by atoms with van der Waals surface area (Å²) in [6, 6.07) is 0.0195. The third kappa shape index (κ3) is 3.79.